The van der Waals surface area contributed by atoms with Gasteiger partial charge in [-0.05, 0) is 23.3 Å². The number of hydrogen-bond acceptors (Lipinski definition) is 2. The molecule has 2 heteroatoms. The van der Waals surface area contributed by atoms with Crippen molar-refractivity contribution >= 4 is 17.1 Å². The Morgan fingerprint density at radius 3 is 2.35 bits per heavy atom. The lowest BCUT2D eigenvalue weighted by molar-refractivity contribution is 0.740. The molecule has 0 saturated heterocycles. The summed E-state index contributed by atoms with van der Waals surface area (Å²) in [4.78, 5) is 4.73. The Balaban J connectivity index is 2.01. The van der Waals surface area contributed by atoms with Gasteiger partial charge in [-0.3, -0.25) is 4.99 Å². The summed E-state index contributed by atoms with van der Waals surface area (Å²) < 4.78 is 0. The highest BCUT2D eigenvalue weighted by atomic mass is 14.8. The van der Waals surface area contributed by atoms with E-state index < -0.39 is 0 Å². The third-order valence-corrected chi connectivity index (χ3v) is 3.86. The van der Waals surface area contributed by atoms with Gasteiger partial charge in [0.1, 0.15) is 0 Å². The van der Waals surface area contributed by atoms with E-state index in [1.54, 1.807) is 0 Å². The molecular formula is C18H18N2. The molecule has 0 atom stereocenters. The number of nitrogens with two attached hydrogens (primary N) is 1. The Bertz CT molecular complexity index is 694. The fourth-order valence-electron chi connectivity index (χ4n) is 2.58. The number of para-hydroxylation sites is 1. The Morgan fingerprint density at radius 2 is 1.65 bits per heavy atom. The predicted octanol–water partition coefficient (Wildman–Crippen LogP) is 4.05. The van der Waals surface area contributed by atoms with Crippen molar-refractivity contribution in [1.82, 2.24) is 0 Å². The first kappa shape index (κ1) is 12.7. The molecule has 0 fully saturated rings. The van der Waals surface area contributed by atoms with E-state index in [9.17, 15) is 0 Å². The molecule has 1 aliphatic heterocycles. The van der Waals surface area contributed by atoms with Gasteiger partial charge in [0.15, 0.2) is 0 Å². The smallest absolute Gasteiger partial charge is 0.0674 e. The van der Waals surface area contributed by atoms with Crippen LogP contribution < -0.4 is 5.73 Å². The zero-order valence-electron chi connectivity index (χ0n) is 11.8. The predicted molar refractivity (Wildman–Crippen MR) is 85.2 cm³/mol. The molecule has 0 amide bonds. The lowest BCUT2D eigenvalue weighted by Crippen LogP contribution is -2.24. The molecular weight excluding hydrogens is 244 g/mol. The second-order valence-corrected chi connectivity index (χ2v) is 5.60. The number of aliphatic imine (C=N–C) groups is 1. The molecule has 2 aromatic carbocycles. The summed E-state index contributed by atoms with van der Waals surface area (Å²) in [5.41, 5.74) is 11.2. The Kier molecular flexibility index (Phi) is 2.94. The number of hydrogen-bond donors (Lipinski definition) is 1. The molecule has 3 rings (SSSR count). The first-order chi connectivity index (χ1) is 9.59. The average molecular weight is 262 g/mol. The second kappa shape index (κ2) is 4.64. The van der Waals surface area contributed by atoms with Crippen LogP contribution in [-0.2, 0) is 5.41 Å². The van der Waals surface area contributed by atoms with Crippen molar-refractivity contribution in [3.05, 3.63) is 71.8 Å². The first-order valence-electron chi connectivity index (χ1n) is 6.80. The van der Waals surface area contributed by atoms with Crippen LogP contribution in [0.2, 0.25) is 0 Å². The van der Waals surface area contributed by atoms with E-state index in [4.69, 9.17) is 10.7 Å². The van der Waals surface area contributed by atoms with Crippen molar-refractivity contribution in [1.29, 1.82) is 0 Å². The molecule has 20 heavy (non-hydrogen) atoms. The number of fused-ring (bicyclic) bond motifs is 1. The quantitative estimate of drug-likeness (QED) is 0.871. The fourth-order valence-corrected chi connectivity index (χ4v) is 2.58. The first-order valence-corrected chi connectivity index (χ1v) is 6.80. The van der Waals surface area contributed by atoms with Gasteiger partial charge in [-0.2, -0.15) is 0 Å². The van der Waals surface area contributed by atoms with Crippen LogP contribution in [0.25, 0.3) is 5.70 Å². The minimum absolute atomic E-state index is 0.101. The van der Waals surface area contributed by atoms with Crippen molar-refractivity contribution < 1.29 is 0 Å². The molecule has 100 valence electrons. The van der Waals surface area contributed by atoms with Crippen LogP contribution in [-0.4, -0.2) is 5.71 Å². The highest BCUT2D eigenvalue weighted by molar-refractivity contribution is 6.11. The number of rotatable bonds is 2. The minimum Gasteiger partial charge on any atom is -0.398 e. The van der Waals surface area contributed by atoms with E-state index in [1.807, 2.05) is 42.5 Å². The maximum atomic E-state index is 6.21. The molecule has 0 unspecified atom stereocenters. The van der Waals surface area contributed by atoms with Gasteiger partial charge in [0.2, 0.25) is 0 Å². The molecule has 2 nitrogen and oxygen atoms in total. The van der Waals surface area contributed by atoms with E-state index in [-0.39, 0.29) is 5.41 Å². The largest absolute Gasteiger partial charge is 0.398 e. The standard InChI is InChI=1S/C18H18N2/c1-18(2)14-10-6-7-11-16(14)20-17(18)12-15(19)13-8-4-3-5-9-13/h3-12H,19H2,1-2H3. The van der Waals surface area contributed by atoms with Gasteiger partial charge < -0.3 is 5.73 Å². The van der Waals surface area contributed by atoms with Crippen LogP contribution in [0.1, 0.15) is 25.0 Å². The summed E-state index contributed by atoms with van der Waals surface area (Å²) >= 11 is 0. The molecule has 1 heterocycles. The summed E-state index contributed by atoms with van der Waals surface area (Å²) in [7, 11) is 0. The monoisotopic (exact) mass is 262 g/mol. The number of allylic oxidation sites excluding steroid dienone is 1. The van der Waals surface area contributed by atoms with Crippen LogP contribution in [0.3, 0.4) is 0 Å². The van der Waals surface area contributed by atoms with Crippen LogP contribution in [0, 0.1) is 0 Å². The topological polar surface area (TPSA) is 38.4 Å². The lowest BCUT2D eigenvalue weighted by atomic mass is 9.81. The number of nitrogens with zero attached hydrogens (tertiary/aromatic N) is 1. The van der Waals surface area contributed by atoms with Gasteiger partial charge in [-0.1, -0.05) is 62.4 Å². The van der Waals surface area contributed by atoms with E-state index >= 15 is 0 Å². The molecule has 0 spiro atoms. The van der Waals surface area contributed by atoms with E-state index in [0.29, 0.717) is 0 Å². The van der Waals surface area contributed by atoms with Crippen molar-refractivity contribution in [2.45, 2.75) is 19.3 Å². The molecule has 0 radical (unpaired) electrons. The molecule has 2 N–H and O–H groups in total. The molecule has 0 aromatic heterocycles. The van der Waals surface area contributed by atoms with E-state index in [2.05, 4.69) is 32.0 Å². The number of benzene rings is 2. The van der Waals surface area contributed by atoms with Gasteiger partial charge in [-0.25, -0.2) is 0 Å². The van der Waals surface area contributed by atoms with Crippen LogP contribution in [0.4, 0.5) is 5.69 Å². The third kappa shape index (κ3) is 2.03. The minimum atomic E-state index is -0.101. The van der Waals surface area contributed by atoms with Crippen molar-refractivity contribution in [2.24, 2.45) is 10.7 Å². The van der Waals surface area contributed by atoms with Crippen LogP contribution in [0.15, 0.2) is 65.7 Å². The van der Waals surface area contributed by atoms with Gasteiger partial charge in [-0.15, -0.1) is 0 Å². The van der Waals surface area contributed by atoms with Crippen molar-refractivity contribution in [3.8, 4) is 0 Å². The van der Waals surface area contributed by atoms with Gasteiger partial charge >= 0.3 is 0 Å². The third-order valence-electron chi connectivity index (χ3n) is 3.86. The van der Waals surface area contributed by atoms with Gasteiger partial charge in [0.05, 0.1) is 11.4 Å². The SMILES string of the molecule is CC1(C)C(C=C(N)c2ccccc2)=Nc2ccccc21. The zero-order chi connectivity index (χ0) is 14.2. The average Bonchev–Trinajstić information content (AvgIpc) is 2.72. The maximum Gasteiger partial charge on any atom is 0.0674 e. The highest BCUT2D eigenvalue weighted by Gasteiger charge is 2.33. The summed E-state index contributed by atoms with van der Waals surface area (Å²) in [5, 5.41) is 0. The molecule has 0 aliphatic carbocycles. The van der Waals surface area contributed by atoms with Crippen molar-refractivity contribution in [2.75, 3.05) is 0 Å². The van der Waals surface area contributed by atoms with Crippen LogP contribution in [0.5, 0.6) is 0 Å². The van der Waals surface area contributed by atoms with Crippen LogP contribution >= 0.6 is 0 Å². The fraction of sp³-hybridized carbons (Fsp3) is 0.167. The Labute approximate surface area is 119 Å². The summed E-state index contributed by atoms with van der Waals surface area (Å²) in [6.45, 7) is 4.37. The Morgan fingerprint density at radius 1 is 1.00 bits per heavy atom. The molecule has 1 aliphatic rings. The van der Waals surface area contributed by atoms with Crippen molar-refractivity contribution in [3.63, 3.8) is 0 Å². The molecule has 0 bridgehead atoms. The Hall–Kier alpha value is -2.35. The normalized spacial score (nSPS) is 16.7. The zero-order valence-corrected chi connectivity index (χ0v) is 11.8. The molecule has 2 aromatic rings. The summed E-state index contributed by atoms with van der Waals surface area (Å²) in [6.07, 6.45) is 2.00. The van der Waals surface area contributed by atoms with Gasteiger partial charge in [0.25, 0.3) is 0 Å². The van der Waals surface area contributed by atoms with Gasteiger partial charge in [0, 0.05) is 11.1 Å². The maximum absolute atomic E-state index is 6.21. The summed E-state index contributed by atoms with van der Waals surface area (Å²) in [6, 6.07) is 18.3. The van der Waals surface area contributed by atoms with E-state index in [1.165, 1.54) is 5.56 Å². The highest BCUT2D eigenvalue weighted by Crippen LogP contribution is 2.40. The molecule has 0 saturated carbocycles. The van der Waals surface area contributed by atoms with E-state index in [0.717, 1.165) is 22.7 Å². The summed E-state index contributed by atoms with van der Waals surface area (Å²) in [5.74, 6) is 0. The second-order valence-electron chi connectivity index (χ2n) is 5.60. The lowest BCUT2D eigenvalue weighted by Gasteiger charge is -2.20.